The molecule has 4 heteroatoms. The lowest BCUT2D eigenvalue weighted by atomic mass is 10.0. The minimum absolute atomic E-state index is 0.145. The summed E-state index contributed by atoms with van der Waals surface area (Å²) in [6.45, 7) is 0. The number of nitrogens with one attached hydrogen (secondary N) is 1. The number of nitrogens with two attached hydrogens (primary N) is 1. The van der Waals surface area contributed by atoms with Crippen molar-refractivity contribution in [2.45, 2.75) is 31.3 Å². The number of nitrogen functional groups attached to an aromatic ring is 1. The SMILES string of the molecule is Nc1cc([C@H]2CC[C@@H](O)C2)n[nH]1. The number of aromatic nitrogens is 2. The Morgan fingerprint density at radius 1 is 1.58 bits per heavy atom. The fourth-order valence-corrected chi connectivity index (χ4v) is 1.79. The van der Waals surface area contributed by atoms with Gasteiger partial charge in [0.05, 0.1) is 11.8 Å². The van der Waals surface area contributed by atoms with Crippen LogP contribution in [0.4, 0.5) is 5.82 Å². The molecule has 1 aromatic heterocycles. The smallest absolute Gasteiger partial charge is 0.119 e. The van der Waals surface area contributed by atoms with Gasteiger partial charge < -0.3 is 10.8 Å². The summed E-state index contributed by atoms with van der Waals surface area (Å²) in [7, 11) is 0. The number of nitrogens with zero attached hydrogens (tertiary/aromatic N) is 1. The summed E-state index contributed by atoms with van der Waals surface area (Å²) in [5.74, 6) is 1.000. The molecular weight excluding hydrogens is 154 g/mol. The second-order valence-electron chi connectivity index (χ2n) is 3.41. The van der Waals surface area contributed by atoms with E-state index >= 15 is 0 Å². The van der Waals surface area contributed by atoms with Gasteiger partial charge in [0.15, 0.2) is 0 Å². The lowest BCUT2D eigenvalue weighted by Crippen LogP contribution is -1.99. The van der Waals surface area contributed by atoms with Gasteiger partial charge in [-0.15, -0.1) is 0 Å². The molecule has 66 valence electrons. The van der Waals surface area contributed by atoms with Crippen molar-refractivity contribution in [3.8, 4) is 0 Å². The topological polar surface area (TPSA) is 74.9 Å². The van der Waals surface area contributed by atoms with E-state index in [4.69, 9.17) is 5.73 Å². The molecule has 1 saturated carbocycles. The van der Waals surface area contributed by atoms with Gasteiger partial charge in [-0.3, -0.25) is 5.10 Å². The molecule has 1 aromatic rings. The lowest BCUT2D eigenvalue weighted by molar-refractivity contribution is 0.181. The monoisotopic (exact) mass is 167 g/mol. The summed E-state index contributed by atoms with van der Waals surface area (Å²) < 4.78 is 0. The highest BCUT2D eigenvalue weighted by molar-refractivity contribution is 5.30. The van der Waals surface area contributed by atoms with Gasteiger partial charge in [0.2, 0.25) is 0 Å². The van der Waals surface area contributed by atoms with Crippen molar-refractivity contribution >= 4 is 5.82 Å². The van der Waals surface area contributed by atoms with Gasteiger partial charge in [-0.2, -0.15) is 5.10 Å². The van der Waals surface area contributed by atoms with E-state index in [1.165, 1.54) is 0 Å². The van der Waals surface area contributed by atoms with Gasteiger partial charge in [0.25, 0.3) is 0 Å². The Morgan fingerprint density at radius 2 is 2.42 bits per heavy atom. The van der Waals surface area contributed by atoms with Gasteiger partial charge in [-0.05, 0) is 19.3 Å². The van der Waals surface area contributed by atoms with E-state index in [9.17, 15) is 5.11 Å². The average molecular weight is 167 g/mol. The van der Waals surface area contributed by atoms with Crippen LogP contribution in [0, 0.1) is 0 Å². The van der Waals surface area contributed by atoms with Crippen LogP contribution in [0.15, 0.2) is 6.07 Å². The average Bonchev–Trinajstić information content (AvgIpc) is 2.58. The maximum atomic E-state index is 9.30. The predicted molar refractivity (Wildman–Crippen MR) is 45.6 cm³/mol. The first-order chi connectivity index (χ1) is 5.75. The number of aliphatic hydroxyl groups excluding tert-OH is 1. The summed E-state index contributed by atoms with van der Waals surface area (Å²) >= 11 is 0. The third kappa shape index (κ3) is 1.30. The molecule has 0 bridgehead atoms. The Bertz CT molecular complexity index is 271. The Hall–Kier alpha value is -1.03. The van der Waals surface area contributed by atoms with Crippen LogP contribution in [-0.2, 0) is 0 Å². The van der Waals surface area contributed by atoms with Crippen molar-refractivity contribution in [1.82, 2.24) is 10.2 Å². The molecule has 0 aliphatic heterocycles. The zero-order chi connectivity index (χ0) is 8.55. The standard InChI is InChI=1S/C8H13N3O/c9-8-4-7(10-11-8)5-1-2-6(12)3-5/h4-6,12H,1-3H2,(H3,9,10,11)/t5-,6+/m0/s1. The molecule has 0 radical (unpaired) electrons. The molecule has 0 unspecified atom stereocenters. The van der Waals surface area contributed by atoms with E-state index in [-0.39, 0.29) is 6.10 Å². The number of rotatable bonds is 1. The van der Waals surface area contributed by atoms with Crippen LogP contribution in [-0.4, -0.2) is 21.4 Å². The number of anilines is 1. The van der Waals surface area contributed by atoms with Gasteiger partial charge in [0, 0.05) is 12.0 Å². The molecular formula is C8H13N3O. The number of aromatic amines is 1. The predicted octanol–water partition coefficient (Wildman–Crippen LogP) is 0.620. The Kier molecular flexibility index (Phi) is 1.77. The Balaban J connectivity index is 2.11. The summed E-state index contributed by atoms with van der Waals surface area (Å²) in [5, 5.41) is 16.1. The summed E-state index contributed by atoms with van der Waals surface area (Å²) in [4.78, 5) is 0. The second-order valence-corrected chi connectivity index (χ2v) is 3.41. The van der Waals surface area contributed by atoms with Crippen LogP contribution in [0.3, 0.4) is 0 Å². The molecule has 2 atom stereocenters. The number of hydrogen-bond acceptors (Lipinski definition) is 3. The van der Waals surface area contributed by atoms with E-state index in [0.29, 0.717) is 11.7 Å². The molecule has 0 spiro atoms. The highest BCUT2D eigenvalue weighted by Crippen LogP contribution is 2.33. The molecule has 4 nitrogen and oxygen atoms in total. The van der Waals surface area contributed by atoms with Crippen LogP contribution in [0.5, 0.6) is 0 Å². The highest BCUT2D eigenvalue weighted by atomic mass is 16.3. The van der Waals surface area contributed by atoms with Crippen LogP contribution in [0.1, 0.15) is 30.9 Å². The minimum Gasteiger partial charge on any atom is -0.393 e. The zero-order valence-corrected chi connectivity index (χ0v) is 6.83. The third-order valence-corrected chi connectivity index (χ3v) is 2.44. The van der Waals surface area contributed by atoms with Crippen molar-refractivity contribution in [2.24, 2.45) is 0 Å². The molecule has 1 fully saturated rings. The Labute approximate surface area is 70.8 Å². The summed E-state index contributed by atoms with van der Waals surface area (Å²) in [5.41, 5.74) is 6.49. The van der Waals surface area contributed by atoms with Gasteiger partial charge in [0.1, 0.15) is 5.82 Å². The molecule has 1 heterocycles. The molecule has 1 aliphatic rings. The highest BCUT2D eigenvalue weighted by Gasteiger charge is 2.25. The Morgan fingerprint density at radius 3 is 2.92 bits per heavy atom. The molecule has 0 saturated heterocycles. The van der Waals surface area contributed by atoms with Gasteiger partial charge in [-0.1, -0.05) is 0 Å². The van der Waals surface area contributed by atoms with Crippen LogP contribution in [0.25, 0.3) is 0 Å². The van der Waals surface area contributed by atoms with E-state index in [2.05, 4.69) is 10.2 Å². The van der Waals surface area contributed by atoms with Crippen LogP contribution >= 0.6 is 0 Å². The van der Waals surface area contributed by atoms with Gasteiger partial charge >= 0.3 is 0 Å². The fraction of sp³-hybridized carbons (Fsp3) is 0.625. The summed E-state index contributed by atoms with van der Waals surface area (Å²) in [6, 6.07) is 1.85. The molecule has 0 amide bonds. The first-order valence-electron chi connectivity index (χ1n) is 4.24. The maximum absolute atomic E-state index is 9.30. The second kappa shape index (κ2) is 2.79. The third-order valence-electron chi connectivity index (χ3n) is 2.44. The van der Waals surface area contributed by atoms with E-state index in [1.54, 1.807) is 0 Å². The molecule has 4 N–H and O–H groups in total. The van der Waals surface area contributed by atoms with Crippen molar-refractivity contribution in [3.05, 3.63) is 11.8 Å². The zero-order valence-electron chi connectivity index (χ0n) is 6.83. The number of hydrogen-bond donors (Lipinski definition) is 3. The normalized spacial score (nSPS) is 29.4. The first-order valence-corrected chi connectivity index (χ1v) is 4.24. The number of aliphatic hydroxyl groups is 1. The lowest BCUT2D eigenvalue weighted by Gasteiger charge is -2.03. The largest absolute Gasteiger partial charge is 0.393 e. The van der Waals surface area contributed by atoms with Gasteiger partial charge in [-0.25, -0.2) is 0 Å². The van der Waals surface area contributed by atoms with Crippen molar-refractivity contribution in [3.63, 3.8) is 0 Å². The number of H-pyrrole nitrogens is 1. The maximum Gasteiger partial charge on any atom is 0.119 e. The molecule has 12 heavy (non-hydrogen) atoms. The van der Waals surface area contributed by atoms with Crippen LogP contribution in [0.2, 0.25) is 0 Å². The first kappa shape index (κ1) is 7.61. The van der Waals surface area contributed by atoms with E-state index in [1.807, 2.05) is 6.07 Å². The van der Waals surface area contributed by atoms with E-state index < -0.39 is 0 Å². The summed E-state index contributed by atoms with van der Waals surface area (Å²) in [6.07, 6.45) is 2.58. The fourth-order valence-electron chi connectivity index (χ4n) is 1.79. The van der Waals surface area contributed by atoms with E-state index in [0.717, 1.165) is 25.0 Å². The van der Waals surface area contributed by atoms with Crippen molar-refractivity contribution in [1.29, 1.82) is 0 Å². The quantitative estimate of drug-likeness (QED) is 0.574. The molecule has 2 rings (SSSR count). The molecule has 1 aliphatic carbocycles. The van der Waals surface area contributed by atoms with Crippen molar-refractivity contribution < 1.29 is 5.11 Å². The van der Waals surface area contributed by atoms with Crippen LogP contribution < -0.4 is 5.73 Å². The van der Waals surface area contributed by atoms with Crippen molar-refractivity contribution in [2.75, 3.05) is 5.73 Å². The minimum atomic E-state index is -0.145. The molecule has 0 aromatic carbocycles.